The number of ether oxygens (including phenoxy) is 1. The highest BCUT2D eigenvalue weighted by Gasteiger charge is 2.11. The number of nitrogens with zero attached hydrogens (tertiary/aromatic N) is 1. The molecule has 100 valence electrons. The van der Waals surface area contributed by atoms with Crippen LogP contribution >= 0.6 is 0 Å². The van der Waals surface area contributed by atoms with Crippen LogP contribution in [0.1, 0.15) is 17.3 Å². The van der Waals surface area contributed by atoms with E-state index >= 15 is 0 Å². The number of fused-ring (bicyclic) bond motifs is 1. The van der Waals surface area contributed by atoms with E-state index in [0.717, 1.165) is 27.9 Å². The SMILES string of the molecule is COc1cccc(C(N)c2ccc3ccccc3n2)c1. The lowest BCUT2D eigenvalue weighted by Gasteiger charge is -2.13. The lowest BCUT2D eigenvalue weighted by molar-refractivity contribution is 0.414. The van der Waals surface area contributed by atoms with Crippen LogP contribution in [0.4, 0.5) is 0 Å². The summed E-state index contributed by atoms with van der Waals surface area (Å²) in [6.07, 6.45) is 0. The predicted octanol–water partition coefficient (Wildman–Crippen LogP) is 3.29. The average Bonchev–Trinajstić information content (AvgIpc) is 2.53. The van der Waals surface area contributed by atoms with E-state index in [2.05, 4.69) is 11.1 Å². The van der Waals surface area contributed by atoms with E-state index in [9.17, 15) is 0 Å². The minimum atomic E-state index is -0.255. The fraction of sp³-hybridized carbons (Fsp3) is 0.118. The molecule has 2 N–H and O–H groups in total. The van der Waals surface area contributed by atoms with Crippen LogP contribution in [-0.4, -0.2) is 12.1 Å². The van der Waals surface area contributed by atoms with Crippen molar-refractivity contribution < 1.29 is 4.74 Å². The number of methoxy groups -OCH3 is 1. The molecule has 0 saturated heterocycles. The van der Waals surface area contributed by atoms with E-state index < -0.39 is 0 Å². The first-order chi connectivity index (χ1) is 9.78. The van der Waals surface area contributed by atoms with Crippen molar-refractivity contribution in [2.24, 2.45) is 5.73 Å². The van der Waals surface area contributed by atoms with E-state index in [1.807, 2.05) is 54.6 Å². The molecule has 0 amide bonds. The second kappa shape index (κ2) is 5.31. The molecular formula is C17H16N2O. The smallest absolute Gasteiger partial charge is 0.119 e. The molecule has 3 rings (SSSR count). The molecule has 3 aromatic rings. The molecule has 0 bridgehead atoms. The zero-order chi connectivity index (χ0) is 13.9. The van der Waals surface area contributed by atoms with Crippen molar-refractivity contribution in [1.29, 1.82) is 0 Å². The Labute approximate surface area is 118 Å². The van der Waals surface area contributed by atoms with Gasteiger partial charge in [0.15, 0.2) is 0 Å². The third-order valence-electron chi connectivity index (χ3n) is 3.39. The van der Waals surface area contributed by atoms with E-state index in [0.29, 0.717) is 0 Å². The molecule has 1 unspecified atom stereocenters. The molecule has 3 nitrogen and oxygen atoms in total. The Kier molecular flexibility index (Phi) is 3.35. The van der Waals surface area contributed by atoms with Gasteiger partial charge >= 0.3 is 0 Å². The van der Waals surface area contributed by atoms with Crippen molar-refractivity contribution in [3.63, 3.8) is 0 Å². The van der Waals surface area contributed by atoms with Crippen LogP contribution in [-0.2, 0) is 0 Å². The van der Waals surface area contributed by atoms with Crippen molar-refractivity contribution in [1.82, 2.24) is 4.98 Å². The summed E-state index contributed by atoms with van der Waals surface area (Å²) in [6.45, 7) is 0. The fourth-order valence-corrected chi connectivity index (χ4v) is 2.26. The lowest BCUT2D eigenvalue weighted by atomic mass is 10.0. The third kappa shape index (κ3) is 2.36. The topological polar surface area (TPSA) is 48.1 Å². The number of hydrogen-bond donors (Lipinski definition) is 1. The van der Waals surface area contributed by atoms with Crippen LogP contribution in [0.5, 0.6) is 5.75 Å². The summed E-state index contributed by atoms with van der Waals surface area (Å²) in [4.78, 5) is 4.64. The first kappa shape index (κ1) is 12.6. The minimum Gasteiger partial charge on any atom is -0.497 e. The van der Waals surface area contributed by atoms with Gasteiger partial charge in [-0.25, -0.2) is 0 Å². The molecule has 0 aliphatic carbocycles. The van der Waals surface area contributed by atoms with Crippen LogP contribution in [0.2, 0.25) is 0 Å². The first-order valence-corrected chi connectivity index (χ1v) is 6.53. The van der Waals surface area contributed by atoms with Crippen molar-refractivity contribution >= 4 is 10.9 Å². The predicted molar refractivity (Wildman–Crippen MR) is 80.8 cm³/mol. The summed E-state index contributed by atoms with van der Waals surface area (Å²) in [7, 11) is 1.65. The molecule has 1 atom stereocenters. The number of hydrogen-bond acceptors (Lipinski definition) is 3. The number of pyridine rings is 1. The quantitative estimate of drug-likeness (QED) is 0.789. The second-order valence-corrected chi connectivity index (χ2v) is 4.68. The molecule has 1 heterocycles. The molecule has 1 aromatic heterocycles. The van der Waals surface area contributed by atoms with Gasteiger partial charge in [-0.2, -0.15) is 0 Å². The third-order valence-corrected chi connectivity index (χ3v) is 3.39. The summed E-state index contributed by atoms with van der Waals surface area (Å²) < 4.78 is 5.24. The monoisotopic (exact) mass is 264 g/mol. The van der Waals surface area contributed by atoms with Crippen molar-refractivity contribution in [3.05, 3.63) is 71.9 Å². The zero-order valence-electron chi connectivity index (χ0n) is 11.3. The molecule has 2 aromatic carbocycles. The minimum absolute atomic E-state index is 0.255. The Morgan fingerprint density at radius 2 is 1.85 bits per heavy atom. The van der Waals surface area contributed by atoms with E-state index in [1.54, 1.807) is 7.11 Å². The molecule has 0 fully saturated rings. The molecule has 20 heavy (non-hydrogen) atoms. The van der Waals surface area contributed by atoms with Gasteiger partial charge < -0.3 is 10.5 Å². The van der Waals surface area contributed by atoms with Gasteiger partial charge in [0, 0.05) is 5.39 Å². The highest BCUT2D eigenvalue weighted by molar-refractivity contribution is 5.78. The van der Waals surface area contributed by atoms with Crippen LogP contribution in [0, 0.1) is 0 Å². The number of benzene rings is 2. The summed E-state index contributed by atoms with van der Waals surface area (Å²) in [5.74, 6) is 0.804. The highest BCUT2D eigenvalue weighted by Crippen LogP contribution is 2.23. The van der Waals surface area contributed by atoms with Gasteiger partial charge in [0.2, 0.25) is 0 Å². The molecule has 0 aliphatic rings. The number of para-hydroxylation sites is 1. The molecule has 0 saturated carbocycles. The Balaban J connectivity index is 2.00. The average molecular weight is 264 g/mol. The van der Waals surface area contributed by atoms with Gasteiger partial charge in [-0.1, -0.05) is 36.4 Å². The first-order valence-electron chi connectivity index (χ1n) is 6.53. The van der Waals surface area contributed by atoms with Crippen molar-refractivity contribution in [2.45, 2.75) is 6.04 Å². The summed E-state index contributed by atoms with van der Waals surface area (Å²) >= 11 is 0. The summed E-state index contributed by atoms with van der Waals surface area (Å²) in [5.41, 5.74) is 9.13. The zero-order valence-corrected chi connectivity index (χ0v) is 11.3. The maximum absolute atomic E-state index is 6.31. The van der Waals surface area contributed by atoms with Crippen LogP contribution < -0.4 is 10.5 Å². The van der Waals surface area contributed by atoms with Gasteiger partial charge in [-0.15, -0.1) is 0 Å². The standard InChI is InChI=1S/C17H16N2O/c1-20-14-7-4-6-13(11-14)17(18)16-10-9-12-5-2-3-8-15(12)19-16/h2-11,17H,18H2,1H3. The Hall–Kier alpha value is -2.39. The van der Waals surface area contributed by atoms with E-state index in [1.165, 1.54) is 0 Å². The van der Waals surface area contributed by atoms with Crippen LogP contribution in [0.3, 0.4) is 0 Å². The molecule has 3 heteroatoms. The van der Waals surface area contributed by atoms with Gasteiger partial charge in [0.05, 0.1) is 24.4 Å². The molecular weight excluding hydrogens is 248 g/mol. The summed E-state index contributed by atoms with van der Waals surface area (Å²) in [6, 6.07) is 19.6. The normalized spacial score (nSPS) is 12.3. The number of aromatic nitrogens is 1. The largest absolute Gasteiger partial charge is 0.497 e. The Morgan fingerprint density at radius 3 is 2.70 bits per heavy atom. The maximum Gasteiger partial charge on any atom is 0.119 e. The maximum atomic E-state index is 6.31. The van der Waals surface area contributed by atoms with Gasteiger partial charge in [0.25, 0.3) is 0 Å². The fourth-order valence-electron chi connectivity index (χ4n) is 2.26. The Morgan fingerprint density at radius 1 is 1.00 bits per heavy atom. The van der Waals surface area contributed by atoms with Crippen molar-refractivity contribution in [3.8, 4) is 5.75 Å². The van der Waals surface area contributed by atoms with Gasteiger partial charge in [-0.05, 0) is 29.8 Å². The molecule has 0 radical (unpaired) electrons. The van der Waals surface area contributed by atoms with Gasteiger partial charge in [-0.3, -0.25) is 4.98 Å². The van der Waals surface area contributed by atoms with Crippen LogP contribution in [0.25, 0.3) is 10.9 Å². The van der Waals surface area contributed by atoms with E-state index in [-0.39, 0.29) is 6.04 Å². The number of rotatable bonds is 3. The highest BCUT2D eigenvalue weighted by atomic mass is 16.5. The lowest BCUT2D eigenvalue weighted by Crippen LogP contribution is -2.13. The second-order valence-electron chi connectivity index (χ2n) is 4.68. The van der Waals surface area contributed by atoms with Crippen LogP contribution in [0.15, 0.2) is 60.7 Å². The van der Waals surface area contributed by atoms with E-state index in [4.69, 9.17) is 10.5 Å². The summed E-state index contributed by atoms with van der Waals surface area (Å²) in [5, 5.41) is 1.12. The van der Waals surface area contributed by atoms with Gasteiger partial charge in [0.1, 0.15) is 5.75 Å². The number of nitrogens with two attached hydrogens (primary N) is 1. The van der Waals surface area contributed by atoms with Crippen molar-refractivity contribution in [2.75, 3.05) is 7.11 Å². The molecule has 0 spiro atoms. The molecule has 0 aliphatic heterocycles. The Bertz CT molecular complexity index is 740.